The van der Waals surface area contributed by atoms with Gasteiger partial charge in [0.05, 0.1) is 21.8 Å². The number of benzene rings is 1. The van der Waals surface area contributed by atoms with E-state index in [4.69, 9.17) is 10.5 Å². The quantitative estimate of drug-likeness (QED) is 0.674. The molecular formula is C14H15BrN2O2S. The minimum Gasteiger partial charge on any atom is -0.456 e. The normalized spacial score (nSPS) is 10.3. The van der Waals surface area contributed by atoms with Gasteiger partial charge in [-0.3, -0.25) is 0 Å². The maximum absolute atomic E-state index is 12.0. The summed E-state index contributed by atoms with van der Waals surface area (Å²) in [6, 6.07) is 7.10. The zero-order valence-corrected chi connectivity index (χ0v) is 13.6. The highest BCUT2D eigenvalue weighted by Gasteiger charge is 2.12. The molecule has 0 fully saturated rings. The minimum atomic E-state index is -0.373. The van der Waals surface area contributed by atoms with E-state index >= 15 is 0 Å². The molecule has 1 aromatic carbocycles. The third-order valence-electron chi connectivity index (χ3n) is 2.77. The SMILES string of the molecule is CN(C)c1ccc(C(=O)OCc2sccc2Br)cc1N. The van der Waals surface area contributed by atoms with Crippen LogP contribution in [-0.4, -0.2) is 20.1 Å². The number of hydrogen-bond acceptors (Lipinski definition) is 5. The Morgan fingerprint density at radius 2 is 2.15 bits per heavy atom. The summed E-state index contributed by atoms with van der Waals surface area (Å²) < 4.78 is 6.24. The van der Waals surface area contributed by atoms with E-state index in [0.717, 1.165) is 15.0 Å². The molecule has 0 saturated heterocycles. The highest BCUT2D eigenvalue weighted by molar-refractivity contribution is 9.10. The smallest absolute Gasteiger partial charge is 0.338 e. The number of hydrogen-bond donors (Lipinski definition) is 1. The summed E-state index contributed by atoms with van der Waals surface area (Å²) in [6.07, 6.45) is 0. The molecule has 0 aliphatic carbocycles. The van der Waals surface area contributed by atoms with Gasteiger partial charge in [0.2, 0.25) is 0 Å². The molecule has 1 heterocycles. The number of esters is 1. The van der Waals surface area contributed by atoms with Crippen molar-refractivity contribution >= 4 is 44.6 Å². The Hall–Kier alpha value is -1.53. The Labute approximate surface area is 130 Å². The topological polar surface area (TPSA) is 55.6 Å². The first-order valence-electron chi connectivity index (χ1n) is 5.95. The van der Waals surface area contributed by atoms with Crippen molar-refractivity contribution in [2.75, 3.05) is 24.7 Å². The van der Waals surface area contributed by atoms with Crippen molar-refractivity contribution in [1.82, 2.24) is 0 Å². The molecule has 4 nitrogen and oxygen atoms in total. The Morgan fingerprint density at radius 3 is 2.70 bits per heavy atom. The first-order valence-corrected chi connectivity index (χ1v) is 7.62. The molecule has 20 heavy (non-hydrogen) atoms. The van der Waals surface area contributed by atoms with Crippen LogP contribution in [0.4, 0.5) is 11.4 Å². The molecule has 106 valence electrons. The van der Waals surface area contributed by atoms with Crippen LogP contribution in [0.2, 0.25) is 0 Å². The van der Waals surface area contributed by atoms with Crippen LogP contribution in [0.5, 0.6) is 0 Å². The molecule has 0 aliphatic heterocycles. The summed E-state index contributed by atoms with van der Waals surface area (Å²) in [5.41, 5.74) is 7.81. The van der Waals surface area contributed by atoms with Gasteiger partial charge in [0, 0.05) is 18.6 Å². The van der Waals surface area contributed by atoms with E-state index in [1.165, 1.54) is 0 Å². The highest BCUT2D eigenvalue weighted by Crippen LogP contribution is 2.25. The van der Waals surface area contributed by atoms with Gasteiger partial charge in [-0.1, -0.05) is 0 Å². The van der Waals surface area contributed by atoms with Gasteiger partial charge >= 0.3 is 5.97 Å². The summed E-state index contributed by atoms with van der Waals surface area (Å²) in [5.74, 6) is -0.373. The standard InChI is InChI=1S/C14H15BrN2O2S/c1-17(2)12-4-3-9(7-11(12)16)14(18)19-8-13-10(15)5-6-20-13/h3-7H,8,16H2,1-2H3. The lowest BCUT2D eigenvalue weighted by Gasteiger charge is -2.15. The number of anilines is 2. The van der Waals surface area contributed by atoms with Gasteiger partial charge in [-0.2, -0.15) is 0 Å². The van der Waals surface area contributed by atoms with Crippen molar-refractivity contribution in [3.8, 4) is 0 Å². The van der Waals surface area contributed by atoms with Crippen LogP contribution in [0, 0.1) is 0 Å². The van der Waals surface area contributed by atoms with Gasteiger partial charge in [-0.25, -0.2) is 4.79 Å². The molecule has 0 aliphatic rings. The summed E-state index contributed by atoms with van der Waals surface area (Å²) in [4.78, 5) is 14.9. The summed E-state index contributed by atoms with van der Waals surface area (Å²) in [7, 11) is 3.80. The molecule has 0 unspecified atom stereocenters. The molecule has 0 radical (unpaired) electrons. The first-order chi connectivity index (χ1) is 9.49. The lowest BCUT2D eigenvalue weighted by molar-refractivity contribution is 0.0476. The maximum Gasteiger partial charge on any atom is 0.338 e. The highest BCUT2D eigenvalue weighted by atomic mass is 79.9. The van der Waals surface area contributed by atoms with E-state index in [1.54, 1.807) is 23.5 Å². The van der Waals surface area contributed by atoms with Gasteiger partial charge in [0.25, 0.3) is 0 Å². The number of nitrogen functional groups attached to an aromatic ring is 1. The van der Waals surface area contributed by atoms with E-state index in [1.807, 2.05) is 36.5 Å². The van der Waals surface area contributed by atoms with Gasteiger partial charge in [0.1, 0.15) is 6.61 Å². The average Bonchev–Trinajstić information content (AvgIpc) is 2.81. The fourth-order valence-electron chi connectivity index (χ4n) is 1.73. The number of carbonyl (C=O) groups is 1. The number of halogens is 1. The van der Waals surface area contributed by atoms with E-state index in [-0.39, 0.29) is 12.6 Å². The van der Waals surface area contributed by atoms with Gasteiger partial charge in [-0.05, 0) is 45.6 Å². The Bertz CT molecular complexity index is 625. The number of nitrogens with zero attached hydrogens (tertiary/aromatic N) is 1. The predicted molar refractivity (Wildman–Crippen MR) is 86.3 cm³/mol. The van der Waals surface area contributed by atoms with Crippen LogP contribution in [0.15, 0.2) is 34.1 Å². The maximum atomic E-state index is 12.0. The van der Waals surface area contributed by atoms with Crippen LogP contribution >= 0.6 is 27.3 Å². The van der Waals surface area contributed by atoms with E-state index < -0.39 is 0 Å². The van der Waals surface area contributed by atoms with E-state index in [2.05, 4.69) is 15.9 Å². The molecule has 0 spiro atoms. The second-order valence-corrected chi connectivity index (χ2v) is 6.29. The molecule has 0 saturated carbocycles. The summed E-state index contributed by atoms with van der Waals surface area (Å²) in [6.45, 7) is 0.256. The van der Waals surface area contributed by atoms with Gasteiger partial charge in [0.15, 0.2) is 0 Å². The van der Waals surface area contributed by atoms with Crippen LogP contribution in [0.3, 0.4) is 0 Å². The monoisotopic (exact) mass is 354 g/mol. The molecule has 2 aromatic rings. The van der Waals surface area contributed by atoms with Crippen LogP contribution in [0.1, 0.15) is 15.2 Å². The zero-order chi connectivity index (χ0) is 14.7. The third-order valence-corrected chi connectivity index (χ3v) is 4.67. The molecule has 0 bridgehead atoms. The molecule has 1 aromatic heterocycles. The van der Waals surface area contributed by atoms with Crippen molar-refractivity contribution in [2.45, 2.75) is 6.61 Å². The third kappa shape index (κ3) is 3.32. The molecule has 0 amide bonds. The lowest BCUT2D eigenvalue weighted by Crippen LogP contribution is -2.12. The van der Waals surface area contributed by atoms with Gasteiger partial charge < -0.3 is 15.4 Å². The second-order valence-electron chi connectivity index (χ2n) is 4.44. The number of ether oxygens (including phenoxy) is 1. The van der Waals surface area contributed by atoms with Gasteiger partial charge in [-0.15, -0.1) is 11.3 Å². The number of thiophene rings is 1. The predicted octanol–water partition coefficient (Wildman–Crippen LogP) is 3.52. The molecule has 0 atom stereocenters. The molecular weight excluding hydrogens is 340 g/mol. The van der Waals surface area contributed by atoms with Crippen molar-refractivity contribution in [3.05, 3.63) is 44.6 Å². The fraction of sp³-hybridized carbons (Fsp3) is 0.214. The van der Waals surface area contributed by atoms with Crippen molar-refractivity contribution in [2.24, 2.45) is 0 Å². The second kappa shape index (κ2) is 6.28. The Morgan fingerprint density at radius 1 is 1.40 bits per heavy atom. The van der Waals surface area contributed by atoms with E-state index in [9.17, 15) is 4.79 Å². The largest absolute Gasteiger partial charge is 0.456 e. The van der Waals surface area contributed by atoms with Crippen molar-refractivity contribution in [3.63, 3.8) is 0 Å². The number of nitrogens with two attached hydrogens (primary N) is 1. The average molecular weight is 355 g/mol. The van der Waals surface area contributed by atoms with Crippen molar-refractivity contribution < 1.29 is 9.53 Å². The minimum absolute atomic E-state index is 0.256. The van der Waals surface area contributed by atoms with Crippen LogP contribution in [-0.2, 0) is 11.3 Å². The van der Waals surface area contributed by atoms with Crippen LogP contribution < -0.4 is 10.6 Å². The lowest BCUT2D eigenvalue weighted by atomic mass is 10.1. The number of carbonyl (C=O) groups excluding carboxylic acids is 1. The Balaban J connectivity index is 2.06. The van der Waals surface area contributed by atoms with Crippen LogP contribution in [0.25, 0.3) is 0 Å². The van der Waals surface area contributed by atoms with E-state index in [0.29, 0.717) is 11.3 Å². The summed E-state index contributed by atoms with van der Waals surface area (Å²) >= 11 is 4.94. The Kier molecular flexibility index (Phi) is 4.67. The fourth-order valence-corrected chi connectivity index (χ4v) is 3.11. The summed E-state index contributed by atoms with van der Waals surface area (Å²) in [5, 5.41) is 1.94. The first kappa shape index (κ1) is 14.9. The number of rotatable bonds is 4. The molecule has 2 rings (SSSR count). The zero-order valence-electron chi connectivity index (χ0n) is 11.2. The molecule has 2 N–H and O–H groups in total. The van der Waals surface area contributed by atoms with Crippen molar-refractivity contribution in [1.29, 1.82) is 0 Å². The molecule has 6 heteroatoms.